The van der Waals surface area contributed by atoms with Gasteiger partial charge < -0.3 is 0 Å². The molecule has 92 valence electrons. The standard InChI is InChI=1S/C13H24N2O/c1-11-7-9-15(10-8-11)14-13(16)12-5-3-2-4-6-12/h11-12H,2-10H2,1H3,(H,14,16). The monoisotopic (exact) mass is 224 g/mol. The Morgan fingerprint density at radius 3 is 2.31 bits per heavy atom. The van der Waals surface area contributed by atoms with Gasteiger partial charge in [0.05, 0.1) is 0 Å². The number of nitrogens with one attached hydrogen (secondary N) is 1. The molecule has 0 aromatic carbocycles. The molecule has 0 atom stereocenters. The molecule has 2 rings (SSSR count). The minimum atomic E-state index is 0.272. The Bertz CT molecular complexity index is 228. The zero-order valence-electron chi connectivity index (χ0n) is 10.4. The number of nitrogens with zero attached hydrogens (tertiary/aromatic N) is 1. The first-order valence-electron chi connectivity index (χ1n) is 6.81. The van der Waals surface area contributed by atoms with Crippen molar-refractivity contribution < 1.29 is 4.79 Å². The first kappa shape index (κ1) is 11.9. The number of hydrogen-bond donors (Lipinski definition) is 1. The van der Waals surface area contributed by atoms with Crippen molar-refractivity contribution in [1.29, 1.82) is 0 Å². The number of carbonyl (C=O) groups excluding carboxylic acids is 1. The van der Waals surface area contributed by atoms with Crippen LogP contribution in [-0.4, -0.2) is 24.0 Å². The maximum Gasteiger partial charge on any atom is 0.237 e. The zero-order valence-corrected chi connectivity index (χ0v) is 10.4. The summed E-state index contributed by atoms with van der Waals surface area (Å²) in [5.41, 5.74) is 3.10. The Kier molecular flexibility index (Phi) is 4.22. The van der Waals surface area contributed by atoms with Crippen molar-refractivity contribution in [2.45, 2.75) is 51.9 Å². The Morgan fingerprint density at radius 1 is 1.06 bits per heavy atom. The first-order chi connectivity index (χ1) is 7.75. The van der Waals surface area contributed by atoms with Gasteiger partial charge in [-0.05, 0) is 31.6 Å². The van der Waals surface area contributed by atoms with E-state index in [0.717, 1.165) is 31.8 Å². The van der Waals surface area contributed by atoms with Crippen LogP contribution in [0, 0.1) is 11.8 Å². The molecule has 0 aromatic heterocycles. The third-order valence-corrected chi connectivity index (χ3v) is 4.03. The maximum atomic E-state index is 12.0. The number of carbonyl (C=O) groups is 1. The predicted octanol–water partition coefficient (Wildman–Crippen LogP) is 2.33. The molecular formula is C13H24N2O. The van der Waals surface area contributed by atoms with Crippen molar-refractivity contribution in [3.63, 3.8) is 0 Å². The lowest BCUT2D eigenvalue weighted by molar-refractivity contribution is -0.131. The van der Waals surface area contributed by atoms with Gasteiger partial charge in [0.25, 0.3) is 0 Å². The zero-order chi connectivity index (χ0) is 11.4. The molecule has 1 N–H and O–H groups in total. The Balaban J connectivity index is 1.73. The highest BCUT2D eigenvalue weighted by atomic mass is 16.2. The van der Waals surface area contributed by atoms with E-state index in [4.69, 9.17) is 0 Å². The molecule has 3 nitrogen and oxygen atoms in total. The fourth-order valence-corrected chi connectivity index (χ4v) is 2.73. The molecule has 0 unspecified atom stereocenters. The van der Waals surface area contributed by atoms with E-state index in [-0.39, 0.29) is 11.8 Å². The first-order valence-corrected chi connectivity index (χ1v) is 6.81. The molecule has 1 aliphatic carbocycles. The highest BCUT2D eigenvalue weighted by Gasteiger charge is 2.24. The molecule has 1 amide bonds. The summed E-state index contributed by atoms with van der Waals surface area (Å²) in [5, 5.41) is 2.12. The average Bonchev–Trinajstić information content (AvgIpc) is 2.33. The van der Waals surface area contributed by atoms with Crippen LogP contribution in [0.3, 0.4) is 0 Å². The van der Waals surface area contributed by atoms with E-state index in [1.165, 1.54) is 32.1 Å². The van der Waals surface area contributed by atoms with E-state index in [1.807, 2.05) is 0 Å². The molecule has 1 aliphatic heterocycles. The summed E-state index contributed by atoms with van der Waals surface area (Å²) in [6.45, 7) is 4.35. The molecule has 0 spiro atoms. The number of rotatable bonds is 2. The predicted molar refractivity (Wildman–Crippen MR) is 64.7 cm³/mol. The van der Waals surface area contributed by atoms with Crippen LogP contribution in [0.1, 0.15) is 51.9 Å². The largest absolute Gasteiger partial charge is 0.289 e. The second-order valence-corrected chi connectivity index (χ2v) is 5.48. The van der Waals surface area contributed by atoms with Crippen molar-refractivity contribution in [2.75, 3.05) is 13.1 Å². The third kappa shape index (κ3) is 3.21. The third-order valence-electron chi connectivity index (χ3n) is 4.03. The second-order valence-electron chi connectivity index (χ2n) is 5.48. The van der Waals surface area contributed by atoms with Crippen LogP contribution in [-0.2, 0) is 4.79 Å². The van der Waals surface area contributed by atoms with Gasteiger partial charge in [0.2, 0.25) is 5.91 Å². The maximum absolute atomic E-state index is 12.0. The highest BCUT2D eigenvalue weighted by Crippen LogP contribution is 2.24. The molecule has 2 aliphatic rings. The minimum absolute atomic E-state index is 0.272. The Morgan fingerprint density at radius 2 is 1.69 bits per heavy atom. The summed E-state index contributed by atoms with van der Waals surface area (Å²) < 4.78 is 0. The SMILES string of the molecule is CC1CCN(NC(=O)C2CCCCC2)CC1. The lowest BCUT2D eigenvalue weighted by Crippen LogP contribution is -2.48. The summed E-state index contributed by atoms with van der Waals surface area (Å²) in [4.78, 5) is 12.0. The molecule has 1 saturated heterocycles. The highest BCUT2D eigenvalue weighted by molar-refractivity contribution is 5.78. The van der Waals surface area contributed by atoms with Crippen molar-refractivity contribution in [2.24, 2.45) is 11.8 Å². The van der Waals surface area contributed by atoms with E-state index < -0.39 is 0 Å². The van der Waals surface area contributed by atoms with Gasteiger partial charge in [-0.2, -0.15) is 0 Å². The topological polar surface area (TPSA) is 32.3 Å². The molecule has 1 heterocycles. The number of amides is 1. The quantitative estimate of drug-likeness (QED) is 0.780. The molecule has 16 heavy (non-hydrogen) atoms. The van der Waals surface area contributed by atoms with Crippen LogP contribution in [0.15, 0.2) is 0 Å². The van der Waals surface area contributed by atoms with Crippen LogP contribution in [0.4, 0.5) is 0 Å². The van der Waals surface area contributed by atoms with Crippen molar-refractivity contribution in [3.05, 3.63) is 0 Å². The summed E-state index contributed by atoms with van der Waals surface area (Å²) in [7, 11) is 0. The molecule has 2 fully saturated rings. The number of hydrazine groups is 1. The molecular weight excluding hydrogens is 200 g/mol. The Hall–Kier alpha value is -0.570. The van der Waals surface area contributed by atoms with Gasteiger partial charge in [-0.3, -0.25) is 10.2 Å². The van der Waals surface area contributed by atoms with Crippen molar-refractivity contribution in [3.8, 4) is 0 Å². The minimum Gasteiger partial charge on any atom is -0.289 e. The van der Waals surface area contributed by atoms with Crippen LogP contribution in [0.5, 0.6) is 0 Å². The number of hydrogen-bond acceptors (Lipinski definition) is 2. The van der Waals surface area contributed by atoms with E-state index in [1.54, 1.807) is 0 Å². The van der Waals surface area contributed by atoms with Gasteiger partial charge >= 0.3 is 0 Å². The van der Waals surface area contributed by atoms with Crippen molar-refractivity contribution >= 4 is 5.91 Å². The molecule has 0 radical (unpaired) electrons. The van der Waals surface area contributed by atoms with Crippen LogP contribution in [0.25, 0.3) is 0 Å². The Labute approximate surface area is 98.5 Å². The number of piperidine rings is 1. The van der Waals surface area contributed by atoms with Crippen molar-refractivity contribution in [1.82, 2.24) is 10.4 Å². The van der Waals surface area contributed by atoms with Gasteiger partial charge in [-0.25, -0.2) is 5.01 Å². The van der Waals surface area contributed by atoms with Gasteiger partial charge in [-0.1, -0.05) is 26.2 Å². The van der Waals surface area contributed by atoms with E-state index in [0.29, 0.717) is 0 Å². The van der Waals surface area contributed by atoms with Gasteiger partial charge in [-0.15, -0.1) is 0 Å². The van der Waals surface area contributed by atoms with Gasteiger partial charge in [0.1, 0.15) is 0 Å². The van der Waals surface area contributed by atoms with Gasteiger partial charge in [0, 0.05) is 19.0 Å². The van der Waals surface area contributed by atoms with Gasteiger partial charge in [0.15, 0.2) is 0 Å². The molecule has 3 heteroatoms. The van der Waals surface area contributed by atoms with E-state index in [9.17, 15) is 4.79 Å². The normalized spacial score (nSPS) is 25.6. The summed E-state index contributed by atoms with van der Waals surface area (Å²) in [6.07, 6.45) is 8.39. The average molecular weight is 224 g/mol. The van der Waals surface area contributed by atoms with Crippen LogP contribution >= 0.6 is 0 Å². The van der Waals surface area contributed by atoms with Crippen LogP contribution < -0.4 is 5.43 Å². The van der Waals surface area contributed by atoms with Crippen LogP contribution in [0.2, 0.25) is 0 Å². The fraction of sp³-hybridized carbons (Fsp3) is 0.923. The lowest BCUT2D eigenvalue weighted by atomic mass is 9.89. The van der Waals surface area contributed by atoms with E-state index in [2.05, 4.69) is 17.4 Å². The smallest absolute Gasteiger partial charge is 0.237 e. The van der Waals surface area contributed by atoms with E-state index >= 15 is 0 Å². The molecule has 0 aromatic rings. The summed E-state index contributed by atoms with van der Waals surface area (Å²) in [6, 6.07) is 0. The second kappa shape index (κ2) is 5.67. The fourth-order valence-electron chi connectivity index (χ4n) is 2.73. The molecule has 1 saturated carbocycles. The lowest BCUT2D eigenvalue weighted by Gasteiger charge is -2.32. The summed E-state index contributed by atoms with van der Waals surface area (Å²) >= 11 is 0. The molecule has 0 bridgehead atoms. The summed E-state index contributed by atoms with van der Waals surface area (Å²) in [5.74, 6) is 1.38.